The van der Waals surface area contributed by atoms with Crippen molar-refractivity contribution < 1.29 is 5.11 Å². The number of aliphatic hydroxyl groups excluding tert-OH is 1. The lowest BCUT2D eigenvalue weighted by Gasteiger charge is -2.14. The quantitative estimate of drug-likeness (QED) is 0.493. The summed E-state index contributed by atoms with van der Waals surface area (Å²) in [5, 5.41) is 9.53. The highest BCUT2D eigenvalue weighted by atomic mass is 16.3. The fourth-order valence-electron chi connectivity index (χ4n) is 2.49. The van der Waals surface area contributed by atoms with Gasteiger partial charge in [-0.1, -0.05) is 0 Å². The first kappa shape index (κ1) is 6.24. The van der Waals surface area contributed by atoms with Gasteiger partial charge in [-0.05, 0) is 31.1 Å². The SMILES string of the molecule is C#CC1CC2CCC1C2O. The Kier molecular flexibility index (Phi) is 1.25. The summed E-state index contributed by atoms with van der Waals surface area (Å²) in [6.07, 6.45) is 8.68. The van der Waals surface area contributed by atoms with Crippen LogP contribution in [0.25, 0.3) is 0 Å². The van der Waals surface area contributed by atoms with Gasteiger partial charge in [0.1, 0.15) is 0 Å². The van der Waals surface area contributed by atoms with Gasteiger partial charge in [-0.3, -0.25) is 0 Å². The summed E-state index contributed by atoms with van der Waals surface area (Å²) in [7, 11) is 0. The van der Waals surface area contributed by atoms with Gasteiger partial charge >= 0.3 is 0 Å². The molecule has 2 saturated carbocycles. The van der Waals surface area contributed by atoms with Gasteiger partial charge in [0.15, 0.2) is 0 Å². The molecule has 0 aromatic heterocycles. The van der Waals surface area contributed by atoms with Crippen LogP contribution in [0.3, 0.4) is 0 Å². The van der Waals surface area contributed by atoms with Crippen LogP contribution in [0.1, 0.15) is 19.3 Å². The number of hydrogen-bond donors (Lipinski definition) is 1. The minimum atomic E-state index is -0.0685. The Morgan fingerprint density at radius 2 is 2.20 bits per heavy atom. The van der Waals surface area contributed by atoms with E-state index in [4.69, 9.17) is 6.42 Å². The number of rotatable bonds is 0. The zero-order chi connectivity index (χ0) is 7.14. The molecule has 0 aromatic rings. The molecule has 0 radical (unpaired) electrons. The molecule has 0 aromatic carbocycles. The molecule has 10 heavy (non-hydrogen) atoms. The van der Waals surface area contributed by atoms with Crippen LogP contribution >= 0.6 is 0 Å². The van der Waals surface area contributed by atoms with Crippen molar-refractivity contribution in [1.82, 2.24) is 0 Å². The lowest BCUT2D eigenvalue weighted by Crippen LogP contribution is -2.14. The molecule has 54 valence electrons. The monoisotopic (exact) mass is 136 g/mol. The molecule has 4 unspecified atom stereocenters. The molecule has 2 rings (SSSR count). The van der Waals surface area contributed by atoms with E-state index in [1.807, 2.05) is 0 Å². The summed E-state index contributed by atoms with van der Waals surface area (Å²) in [5.74, 6) is 4.12. The predicted octanol–water partition coefficient (Wildman–Crippen LogP) is 1.03. The highest BCUT2D eigenvalue weighted by Gasteiger charge is 2.46. The highest BCUT2D eigenvalue weighted by molar-refractivity contribution is 5.08. The maximum absolute atomic E-state index is 9.53. The van der Waals surface area contributed by atoms with Crippen LogP contribution < -0.4 is 0 Å². The second-order valence-corrected chi connectivity index (χ2v) is 3.50. The van der Waals surface area contributed by atoms with Crippen LogP contribution in [0.15, 0.2) is 0 Å². The van der Waals surface area contributed by atoms with E-state index < -0.39 is 0 Å². The van der Waals surface area contributed by atoms with E-state index in [0.29, 0.717) is 17.8 Å². The van der Waals surface area contributed by atoms with Gasteiger partial charge in [0.05, 0.1) is 6.10 Å². The van der Waals surface area contributed by atoms with Crippen molar-refractivity contribution in [1.29, 1.82) is 0 Å². The highest BCUT2D eigenvalue weighted by Crippen LogP contribution is 2.47. The standard InChI is InChI=1S/C9H12O/c1-2-6-5-7-3-4-8(6)9(7)10/h1,6-10H,3-5H2. The Morgan fingerprint density at radius 1 is 1.40 bits per heavy atom. The normalized spacial score (nSPS) is 51.2. The minimum Gasteiger partial charge on any atom is -0.393 e. The first-order valence-electron chi connectivity index (χ1n) is 3.97. The summed E-state index contributed by atoms with van der Waals surface area (Å²) in [6.45, 7) is 0. The Bertz CT molecular complexity index is 180. The van der Waals surface area contributed by atoms with E-state index >= 15 is 0 Å². The van der Waals surface area contributed by atoms with Gasteiger partial charge < -0.3 is 5.11 Å². The van der Waals surface area contributed by atoms with Gasteiger partial charge in [0.2, 0.25) is 0 Å². The third-order valence-electron chi connectivity index (χ3n) is 3.08. The Labute approximate surface area is 61.4 Å². The molecular formula is C9H12O. The Balaban J connectivity index is 2.17. The molecule has 0 spiro atoms. The fraction of sp³-hybridized carbons (Fsp3) is 0.778. The summed E-state index contributed by atoms with van der Waals surface area (Å²) in [6, 6.07) is 0. The first-order chi connectivity index (χ1) is 4.83. The average Bonchev–Trinajstić information content (AvgIpc) is 2.46. The molecule has 1 nitrogen and oxygen atoms in total. The number of terminal acetylenes is 1. The van der Waals surface area contributed by atoms with Crippen molar-refractivity contribution in [2.24, 2.45) is 17.8 Å². The van der Waals surface area contributed by atoms with Gasteiger partial charge in [0.25, 0.3) is 0 Å². The van der Waals surface area contributed by atoms with E-state index in [1.165, 1.54) is 6.42 Å². The minimum absolute atomic E-state index is 0.0685. The second-order valence-electron chi connectivity index (χ2n) is 3.50. The molecule has 4 atom stereocenters. The molecule has 2 aliphatic rings. The Morgan fingerprint density at radius 3 is 2.50 bits per heavy atom. The van der Waals surface area contributed by atoms with Crippen molar-refractivity contribution in [2.45, 2.75) is 25.4 Å². The van der Waals surface area contributed by atoms with E-state index in [9.17, 15) is 5.11 Å². The third-order valence-corrected chi connectivity index (χ3v) is 3.08. The van der Waals surface area contributed by atoms with Crippen LogP contribution in [-0.4, -0.2) is 11.2 Å². The molecule has 0 saturated heterocycles. The number of hydrogen-bond acceptors (Lipinski definition) is 1. The third kappa shape index (κ3) is 0.630. The first-order valence-corrected chi connectivity index (χ1v) is 3.97. The Hall–Kier alpha value is -0.480. The van der Waals surface area contributed by atoms with Crippen LogP contribution in [0.2, 0.25) is 0 Å². The van der Waals surface area contributed by atoms with E-state index in [-0.39, 0.29) is 6.10 Å². The average molecular weight is 136 g/mol. The zero-order valence-corrected chi connectivity index (χ0v) is 5.96. The summed E-state index contributed by atoms with van der Waals surface area (Å²) < 4.78 is 0. The lowest BCUT2D eigenvalue weighted by atomic mass is 9.90. The summed E-state index contributed by atoms with van der Waals surface area (Å²) in [4.78, 5) is 0. The molecule has 2 aliphatic carbocycles. The van der Waals surface area contributed by atoms with E-state index in [2.05, 4.69) is 5.92 Å². The topological polar surface area (TPSA) is 20.2 Å². The molecule has 0 heterocycles. The molecule has 1 heteroatoms. The predicted molar refractivity (Wildman–Crippen MR) is 39.2 cm³/mol. The zero-order valence-electron chi connectivity index (χ0n) is 5.96. The molecule has 2 fully saturated rings. The van der Waals surface area contributed by atoms with Crippen molar-refractivity contribution >= 4 is 0 Å². The smallest absolute Gasteiger partial charge is 0.0608 e. The van der Waals surface area contributed by atoms with E-state index in [0.717, 1.165) is 12.8 Å². The lowest BCUT2D eigenvalue weighted by molar-refractivity contribution is 0.125. The van der Waals surface area contributed by atoms with Crippen molar-refractivity contribution in [3.05, 3.63) is 0 Å². The van der Waals surface area contributed by atoms with Gasteiger partial charge in [-0.25, -0.2) is 0 Å². The maximum Gasteiger partial charge on any atom is 0.0608 e. The fourth-order valence-corrected chi connectivity index (χ4v) is 2.49. The molecule has 1 N–H and O–H groups in total. The number of fused-ring (bicyclic) bond motifs is 2. The largest absolute Gasteiger partial charge is 0.393 e. The van der Waals surface area contributed by atoms with Gasteiger partial charge in [-0.2, -0.15) is 0 Å². The van der Waals surface area contributed by atoms with Crippen LogP contribution in [0.5, 0.6) is 0 Å². The van der Waals surface area contributed by atoms with Gasteiger partial charge in [-0.15, -0.1) is 12.3 Å². The molecule has 0 amide bonds. The summed E-state index contributed by atoms with van der Waals surface area (Å²) in [5.41, 5.74) is 0. The van der Waals surface area contributed by atoms with Crippen molar-refractivity contribution in [3.8, 4) is 12.3 Å². The van der Waals surface area contributed by atoms with Crippen LogP contribution in [0.4, 0.5) is 0 Å². The summed E-state index contributed by atoms with van der Waals surface area (Å²) >= 11 is 0. The van der Waals surface area contributed by atoms with Crippen molar-refractivity contribution in [2.75, 3.05) is 0 Å². The van der Waals surface area contributed by atoms with Crippen molar-refractivity contribution in [3.63, 3.8) is 0 Å². The maximum atomic E-state index is 9.53. The second kappa shape index (κ2) is 2.00. The van der Waals surface area contributed by atoms with Gasteiger partial charge in [0, 0.05) is 5.92 Å². The molecule has 0 aliphatic heterocycles. The van der Waals surface area contributed by atoms with Crippen LogP contribution in [-0.2, 0) is 0 Å². The molecule has 2 bridgehead atoms. The van der Waals surface area contributed by atoms with E-state index in [1.54, 1.807) is 0 Å². The van der Waals surface area contributed by atoms with Crippen LogP contribution in [0, 0.1) is 30.1 Å². The molecular weight excluding hydrogens is 124 g/mol. The number of aliphatic hydroxyl groups is 1.